The van der Waals surface area contributed by atoms with Crippen LogP contribution in [0.15, 0.2) is 12.3 Å². The summed E-state index contributed by atoms with van der Waals surface area (Å²) in [6.45, 7) is 0.594. The molecule has 0 spiro atoms. The molecule has 1 amide bonds. The standard InChI is InChI=1S/C12H14N4O5/c1-21-12(18)8-3-9(16(19)20)11(14-5-8)15-6-7(4-13)2-10(15)17/h3,5,7H,2,4,6,13H2,1H3. The molecule has 1 unspecified atom stereocenters. The number of rotatable bonds is 4. The van der Waals surface area contributed by atoms with Crippen molar-refractivity contribution in [2.24, 2.45) is 11.7 Å². The lowest BCUT2D eigenvalue weighted by Crippen LogP contribution is -2.27. The maximum atomic E-state index is 11.9. The molecule has 0 bridgehead atoms. The highest BCUT2D eigenvalue weighted by Gasteiger charge is 2.35. The molecular formula is C12H14N4O5. The normalized spacial score (nSPS) is 17.9. The van der Waals surface area contributed by atoms with Crippen LogP contribution in [0.2, 0.25) is 0 Å². The first-order valence-electron chi connectivity index (χ1n) is 6.21. The highest BCUT2D eigenvalue weighted by atomic mass is 16.6. The monoisotopic (exact) mass is 294 g/mol. The van der Waals surface area contributed by atoms with Crippen molar-refractivity contribution in [1.82, 2.24) is 4.98 Å². The van der Waals surface area contributed by atoms with Crippen molar-refractivity contribution >= 4 is 23.4 Å². The first kappa shape index (κ1) is 14.9. The van der Waals surface area contributed by atoms with Crippen LogP contribution in [0.25, 0.3) is 0 Å². The minimum atomic E-state index is -0.732. The maximum Gasteiger partial charge on any atom is 0.339 e. The van der Waals surface area contributed by atoms with Gasteiger partial charge in [0.2, 0.25) is 11.7 Å². The van der Waals surface area contributed by atoms with Crippen LogP contribution in [-0.2, 0) is 9.53 Å². The van der Waals surface area contributed by atoms with E-state index in [1.54, 1.807) is 0 Å². The second-order valence-corrected chi connectivity index (χ2v) is 4.63. The summed E-state index contributed by atoms with van der Waals surface area (Å²) in [4.78, 5) is 38.9. The van der Waals surface area contributed by atoms with Crippen molar-refractivity contribution < 1.29 is 19.2 Å². The third kappa shape index (κ3) is 2.82. The molecule has 2 heterocycles. The highest BCUT2D eigenvalue weighted by Crippen LogP contribution is 2.31. The molecule has 112 valence electrons. The Balaban J connectivity index is 2.42. The third-order valence-electron chi connectivity index (χ3n) is 3.26. The Morgan fingerprint density at radius 3 is 2.90 bits per heavy atom. The number of hydrogen-bond acceptors (Lipinski definition) is 7. The number of carbonyl (C=O) groups excluding carboxylic acids is 2. The van der Waals surface area contributed by atoms with Gasteiger partial charge in [-0.05, 0) is 12.5 Å². The van der Waals surface area contributed by atoms with Gasteiger partial charge in [-0.15, -0.1) is 0 Å². The summed E-state index contributed by atoms with van der Waals surface area (Å²) in [5.74, 6) is -1.13. The van der Waals surface area contributed by atoms with Crippen LogP contribution >= 0.6 is 0 Å². The van der Waals surface area contributed by atoms with Crippen LogP contribution in [0.3, 0.4) is 0 Å². The van der Waals surface area contributed by atoms with E-state index in [-0.39, 0.29) is 36.2 Å². The first-order chi connectivity index (χ1) is 9.97. The zero-order valence-electron chi connectivity index (χ0n) is 11.3. The molecule has 2 rings (SSSR count). The van der Waals surface area contributed by atoms with Gasteiger partial charge in [-0.1, -0.05) is 0 Å². The van der Waals surface area contributed by atoms with E-state index in [2.05, 4.69) is 9.72 Å². The number of methoxy groups -OCH3 is 1. The molecule has 1 atom stereocenters. The lowest BCUT2D eigenvalue weighted by Gasteiger charge is -2.15. The van der Waals surface area contributed by atoms with Gasteiger partial charge in [0.15, 0.2) is 0 Å². The van der Waals surface area contributed by atoms with Gasteiger partial charge >= 0.3 is 11.7 Å². The number of esters is 1. The van der Waals surface area contributed by atoms with Crippen molar-refractivity contribution in [1.29, 1.82) is 0 Å². The third-order valence-corrected chi connectivity index (χ3v) is 3.26. The van der Waals surface area contributed by atoms with E-state index >= 15 is 0 Å². The summed E-state index contributed by atoms with van der Waals surface area (Å²) in [6, 6.07) is 1.05. The number of ether oxygens (including phenoxy) is 1. The van der Waals surface area contributed by atoms with Gasteiger partial charge in [0.05, 0.1) is 17.6 Å². The van der Waals surface area contributed by atoms with Crippen molar-refractivity contribution in [3.63, 3.8) is 0 Å². The minimum Gasteiger partial charge on any atom is -0.465 e. The minimum absolute atomic E-state index is 0.0463. The van der Waals surface area contributed by atoms with E-state index < -0.39 is 16.6 Å². The Bertz CT molecular complexity index is 603. The molecule has 1 aromatic rings. The fourth-order valence-corrected chi connectivity index (χ4v) is 2.16. The van der Waals surface area contributed by atoms with Gasteiger partial charge in [0, 0.05) is 25.2 Å². The number of pyridine rings is 1. The number of amides is 1. The summed E-state index contributed by atoms with van der Waals surface area (Å²) >= 11 is 0. The Kier molecular flexibility index (Phi) is 4.13. The van der Waals surface area contributed by atoms with Crippen molar-refractivity contribution in [3.05, 3.63) is 27.9 Å². The zero-order chi connectivity index (χ0) is 15.6. The molecule has 1 aliphatic rings. The van der Waals surface area contributed by atoms with Crippen molar-refractivity contribution in [2.45, 2.75) is 6.42 Å². The first-order valence-corrected chi connectivity index (χ1v) is 6.21. The van der Waals surface area contributed by atoms with E-state index in [9.17, 15) is 19.7 Å². The van der Waals surface area contributed by atoms with Gasteiger partial charge in [0.1, 0.15) is 0 Å². The van der Waals surface area contributed by atoms with Gasteiger partial charge in [0.25, 0.3) is 0 Å². The molecule has 0 aromatic carbocycles. The van der Waals surface area contributed by atoms with E-state index in [4.69, 9.17) is 5.73 Å². The van der Waals surface area contributed by atoms with Crippen LogP contribution < -0.4 is 10.6 Å². The highest BCUT2D eigenvalue weighted by molar-refractivity contribution is 5.98. The fourth-order valence-electron chi connectivity index (χ4n) is 2.16. The lowest BCUT2D eigenvalue weighted by atomic mass is 10.1. The van der Waals surface area contributed by atoms with Gasteiger partial charge in [-0.3, -0.25) is 19.8 Å². The number of carbonyl (C=O) groups is 2. The molecule has 21 heavy (non-hydrogen) atoms. The van der Waals surface area contributed by atoms with E-state index in [1.807, 2.05) is 0 Å². The van der Waals surface area contributed by atoms with E-state index in [1.165, 1.54) is 4.90 Å². The Morgan fingerprint density at radius 2 is 2.38 bits per heavy atom. The number of aromatic nitrogens is 1. The lowest BCUT2D eigenvalue weighted by molar-refractivity contribution is -0.384. The molecular weight excluding hydrogens is 280 g/mol. The predicted molar refractivity (Wildman–Crippen MR) is 71.7 cm³/mol. The average molecular weight is 294 g/mol. The Morgan fingerprint density at radius 1 is 1.67 bits per heavy atom. The van der Waals surface area contributed by atoms with Gasteiger partial charge in [-0.25, -0.2) is 9.78 Å². The Hall–Kier alpha value is -2.55. The number of anilines is 1. The van der Waals surface area contributed by atoms with Crippen LogP contribution in [0.4, 0.5) is 11.5 Å². The zero-order valence-corrected chi connectivity index (χ0v) is 11.3. The quantitative estimate of drug-likeness (QED) is 0.473. The molecule has 0 saturated carbocycles. The fraction of sp³-hybridized carbons (Fsp3) is 0.417. The van der Waals surface area contributed by atoms with E-state index in [0.717, 1.165) is 19.4 Å². The van der Waals surface area contributed by atoms with Crippen LogP contribution in [0.1, 0.15) is 16.8 Å². The van der Waals surface area contributed by atoms with Crippen LogP contribution in [0.5, 0.6) is 0 Å². The second-order valence-electron chi connectivity index (χ2n) is 4.63. The second kappa shape index (κ2) is 5.83. The maximum absolute atomic E-state index is 11.9. The largest absolute Gasteiger partial charge is 0.465 e. The molecule has 2 N–H and O–H groups in total. The summed E-state index contributed by atoms with van der Waals surface area (Å²) in [6.07, 6.45) is 1.38. The number of nitrogens with zero attached hydrogens (tertiary/aromatic N) is 3. The topological polar surface area (TPSA) is 129 Å². The molecule has 9 heteroatoms. The molecule has 9 nitrogen and oxygen atoms in total. The molecule has 1 aromatic heterocycles. The Labute approximate surface area is 119 Å². The van der Waals surface area contributed by atoms with Crippen LogP contribution in [-0.4, -0.2) is 42.0 Å². The van der Waals surface area contributed by atoms with Gasteiger partial charge < -0.3 is 10.5 Å². The molecule has 1 aliphatic heterocycles. The summed E-state index contributed by atoms with van der Waals surface area (Å²) in [5, 5.41) is 11.2. The van der Waals surface area contributed by atoms with Crippen LogP contribution in [0, 0.1) is 16.0 Å². The predicted octanol–water partition coefficient (Wildman–Crippen LogP) is 0.0880. The average Bonchev–Trinajstić information content (AvgIpc) is 2.86. The molecule has 1 saturated heterocycles. The molecule has 1 fully saturated rings. The van der Waals surface area contributed by atoms with E-state index in [0.29, 0.717) is 6.54 Å². The number of nitro groups is 1. The summed E-state index contributed by atoms with van der Waals surface area (Å²) in [5.41, 5.74) is 5.06. The van der Waals surface area contributed by atoms with Gasteiger partial charge in [-0.2, -0.15) is 0 Å². The summed E-state index contributed by atoms with van der Waals surface area (Å²) < 4.78 is 4.49. The molecule has 0 aliphatic carbocycles. The SMILES string of the molecule is COC(=O)c1cnc(N2CC(CN)CC2=O)c([N+](=O)[O-])c1. The smallest absolute Gasteiger partial charge is 0.339 e. The van der Waals surface area contributed by atoms with Crippen molar-refractivity contribution in [3.8, 4) is 0 Å². The number of hydrogen-bond donors (Lipinski definition) is 1. The van der Waals surface area contributed by atoms with Crippen molar-refractivity contribution in [2.75, 3.05) is 25.1 Å². The summed E-state index contributed by atoms with van der Waals surface area (Å²) in [7, 11) is 1.16. The molecule has 0 radical (unpaired) electrons. The number of nitrogens with two attached hydrogens (primary N) is 1.